The van der Waals surface area contributed by atoms with Crippen LogP contribution in [0.2, 0.25) is 0 Å². The van der Waals surface area contributed by atoms with Gasteiger partial charge in [0.15, 0.2) is 0 Å². The van der Waals surface area contributed by atoms with Crippen molar-refractivity contribution in [3.8, 4) is 5.75 Å². The Balaban J connectivity index is 1.75. The zero-order valence-corrected chi connectivity index (χ0v) is 11.1. The van der Waals surface area contributed by atoms with Crippen molar-refractivity contribution in [2.75, 3.05) is 0 Å². The molecule has 3 rings (SSSR count). The lowest BCUT2D eigenvalue weighted by Gasteiger charge is -2.26. The summed E-state index contributed by atoms with van der Waals surface area (Å²) in [6.07, 6.45) is 7.15. The first-order valence-corrected chi connectivity index (χ1v) is 6.75. The van der Waals surface area contributed by atoms with Gasteiger partial charge in [0, 0.05) is 25.5 Å². The van der Waals surface area contributed by atoms with Gasteiger partial charge in [0.05, 0.1) is 6.54 Å². The number of rotatable bonds is 3. The maximum Gasteiger partial charge on any atom is 0.122 e. The molecule has 1 aromatic carbocycles. The van der Waals surface area contributed by atoms with E-state index in [0.29, 0.717) is 11.8 Å². The molecule has 0 saturated heterocycles. The molecule has 1 aromatic heterocycles. The molecular formula is C15H19N3O. The summed E-state index contributed by atoms with van der Waals surface area (Å²) in [5.74, 6) is 1.41. The van der Waals surface area contributed by atoms with Gasteiger partial charge < -0.3 is 15.0 Å². The van der Waals surface area contributed by atoms with E-state index in [1.54, 1.807) is 6.07 Å². The van der Waals surface area contributed by atoms with Crippen LogP contribution in [0.15, 0.2) is 30.6 Å². The van der Waals surface area contributed by atoms with Gasteiger partial charge in [0.25, 0.3) is 0 Å². The summed E-state index contributed by atoms with van der Waals surface area (Å²) in [5.41, 5.74) is 2.59. The van der Waals surface area contributed by atoms with Gasteiger partial charge in [0.1, 0.15) is 11.6 Å². The van der Waals surface area contributed by atoms with Crippen LogP contribution in [-0.2, 0) is 20.0 Å². The molecule has 0 fully saturated rings. The molecular weight excluding hydrogens is 238 g/mol. The van der Waals surface area contributed by atoms with E-state index in [1.165, 1.54) is 11.1 Å². The highest BCUT2D eigenvalue weighted by atomic mass is 16.3. The van der Waals surface area contributed by atoms with E-state index in [2.05, 4.69) is 10.3 Å². The minimum atomic E-state index is 0.362. The fourth-order valence-corrected chi connectivity index (χ4v) is 2.79. The lowest BCUT2D eigenvalue weighted by Crippen LogP contribution is -2.26. The van der Waals surface area contributed by atoms with E-state index in [-0.39, 0.29) is 0 Å². The molecule has 2 aromatic rings. The molecule has 0 saturated carbocycles. The van der Waals surface area contributed by atoms with Crippen LogP contribution in [-0.4, -0.2) is 14.7 Å². The van der Waals surface area contributed by atoms with E-state index in [4.69, 9.17) is 0 Å². The third kappa shape index (κ3) is 2.49. The predicted octanol–water partition coefficient (Wildman–Crippen LogP) is 2.29. The number of aromatic hydroxyl groups is 1. The topological polar surface area (TPSA) is 50.1 Å². The normalized spacial score (nSPS) is 18.3. The molecule has 2 N–H and O–H groups in total. The monoisotopic (exact) mass is 257 g/mol. The van der Waals surface area contributed by atoms with Crippen LogP contribution in [0.4, 0.5) is 0 Å². The Kier molecular flexibility index (Phi) is 3.25. The minimum Gasteiger partial charge on any atom is -0.508 e. The number of hydrogen-bond donors (Lipinski definition) is 2. The van der Waals surface area contributed by atoms with Crippen LogP contribution in [0.1, 0.15) is 35.8 Å². The number of nitrogens with one attached hydrogen (secondary N) is 1. The highest BCUT2D eigenvalue weighted by molar-refractivity contribution is 5.38. The molecule has 4 heteroatoms. The van der Waals surface area contributed by atoms with E-state index >= 15 is 0 Å². The summed E-state index contributed by atoms with van der Waals surface area (Å²) < 4.78 is 2.04. The number of benzene rings is 1. The molecule has 1 heterocycles. The first-order chi connectivity index (χ1) is 9.24. The fourth-order valence-electron chi connectivity index (χ4n) is 2.79. The Morgan fingerprint density at radius 3 is 3.16 bits per heavy atom. The smallest absolute Gasteiger partial charge is 0.122 e. The number of imidazole rings is 1. The second-order valence-electron chi connectivity index (χ2n) is 5.16. The third-order valence-electron chi connectivity index (χ3n) is 3.87. The van der Waals surface area contributed by atoms with Crippen molar-refractivity contribution >= 4 is 0 Å². The predicted molar refractivity (Wildman–Crippen MR) is 73.8 cm³/mol. The van der Waals surface area contributed by atoms with Crippen LogP contribution in [0.25, 0.3) is 0 Å². The highest BCUT2D eigenvalue weighted by Gasteiger charge is 2.20. The Labute approximate surface area is 113 Å². The maximum atomic E-state index is 9.56. The zero-order valence-electron chi connectivity index (χ0n) is 11.1. The van der Waals surface area contributed by atoms with Crippen molar-refractivity contribution in [3.63, 3.8) is 0 Å². The molecule has 1 aliphatic carbocycles. The molecule has 1 atom stereocenters. The summed E-state index contributed by atoms with van der Waals surface area (Å²) in [5, 5.41) is 13.1. The highest BCUT2D eigenvalue weighted by Crippen LogP contribution is 2.31. The molecule has 1 aliphatic rings. The fraction of sp³-hybridized carbons (Fsp3) is 0.400. The van der Waals surface area contributed by atoms with E-state index in [1.807, 2.05) is 36.1 Å². The molecule has 0 amide bonds. The number of phenols is 1. The summed E-state index contributed by atoms with van der Waals surface area (Å²) in [7, 11) is 2.01. The molecule has 0 aliphatic heterocycles. The molecule has 1 unspecified atom stereocenters. The molecule has 0 spiro atoms. The Morgan fingerprint density at radius 1 is 1.47 bits per heavy atom. The van der Waals surface area contributed by atoms with Crippen LogP contribution in [0, 0.1) is 0 Å². The number of fused-ring (bicyclic) bond motifs is 1. The number of nitrogens with zero attached hydrogens (tertiary/aromatic N) is 2. The molecule has 0 radical (unpaired) electrons. The number of aromatic nitrogens is 2. The first-order valence-electron chi connectivity index (χ1n) is 6.75. The van der Waals surface area contributed by atoms with Crippen molar-refractivity contribution in [1.29, 1.82) is 0 Å². The first kappa shape index (κ1) is 12.2. The number of phenolic OH excluding ortho intramolecular Hbond substituents is 1. The van der Waals surface area contributed by atoms with E-state index < -0.39 is 0 Å². The second-order valence-corrected chi connectivity index (χ2v) is 5.16. The minimum absolute atomic E-state index is 0.362. The molecule has 0 bridgehead atoms. The van der Waals surface area contributed by atoms with Crippen molar-refractivity contribution in [2.45, 2.75) is 31.8 Å². The second kappa shape index (κ2) is 5.05. The van der Waals surface area contributed by atoms with Crippen molar-refractivity contribution < 1.29 is 5.11 Å². The maximum absolute atomic E-state index is 9.56. The van der Waals surface area contributed by atoms with E-state index in [9.17, 15) is 5.11 Å². The zero-order chi connectivity index (χ0) is 13.2. The van der Waals surface area contributed by atoms with Gasteiger partial charge in [0.2, 0.25) is 0 Å². The van der Waals surface area contributed by atoms with Crippen LogP contribution in [0.3, 0.4) is 0 Å². The summed E-state index contributed by atoms with van der Waals surface area (Å²) in [4.78, 5) is 4.33. The standard InChI is InChI=1S/C15H19N3O/c1-18-8-7-16-15(18)10-17-14-4-2-3-11-9-12(19)5-6-13(11)14/h5-9,14,17,19H,2-4,10H2,1H3. The lowest BCUT2D eigenvalue weighted by atomic mass is 9.87. The van der Waals surface area contributed by atoms with Crippen molar-refractivity contribution in [3.05, 3.63) is 47.5 Å². The number of aryl methyl sites for hydroxylation is 2. The van der Waals surface area contributed by atoms with Gasteiger partial charge in [-0.05, 0) is 42.5 Å². The third-order valence-corrected chi connectivity index (χ3v) is 3.87. The Hall–Kier alpha value is -1.81. The van der Waals surface area contributed by atoms with Gasteiger partial charge in [-0.2, -0.15) is 0 Å². The van der Waals surface area contributed by atoms with Crippen LogP contribution < -0.4 is 5.32 Å². The Morgan fingerprint density at radius 2 is 2.37 bits per heavy atom. The summed E-state index contributed by atoms with van der Waals surface area (Å²) in [6.45, 7) is 0.772. The van der Waals surface area contributed by atoms with Crippen LogP contribution in [0.5, 0.6) is 5.75 Å². The molecule has 100 valence electrons. The summed E-state index contributed by atoms with van der Waals surface area (Å²) >= 11 is 0. The molecule has 4 nitrogen and oxygen atoms in total. The van der Waals surface area contributed by atoms with Gasteiger partial charge in [-0.1, -0.05) is 6.07 Å². The average molecular weight is 257 g/mol. The lowest BCUT2D eigenvalue weighted by molar-refractivity contribution is 0.442. The van der Waals surface area contributed by atoms with Gasteiger partial charge in [-0.25, -0.2) is 4.98 Å². The molecule has 19 heavy (non-hydrogen) atoms. The number of hydrogen-bond acceptors (Lipinski definition) is 3. The van der Waals surface area contributed by atoms with Crippen molar-refractivity contribution in [1.82, 2.24) is 14.9 Å². The van der Waals surface area contributed by atoms with Gasteiger partial charge in [-0.3, -0.25) is 0 Å². The summed E-state index contributed by atoms with van der Waals surface area (Å²) in [6, 6.07) is 6.07. The van der Waals surface area contributed by atoms with Crippen molar-refractivity contribution in [2.24, 2.45) is 7.05 Å². The quantitative estimate of drug-likeness (QED) is 0.887. The van der Waals surface area contributed by atoms with Crippen LogP contribution >= 0.6 is 0 Å². The largest absolute Gasteiger partial charge is 0.508 e. The van der Waals surface area contributed by atoms with E-state index in [0.717, 1.165) is 31.6 Å². The van der Waals surface area contributed by atoms with Gasteiger partial charge in [-0.15, -0.1) is 0 Å². The SMILES string of the molecule is Cn1ccnc1CNC1CCCc2cc(O)ccc21. The Bertz CT molecular complexity index is 577. The average Bonchev–Trinajstić information content (AvgIpc) is 2.81. The van der Waals surface area contributed by atoms with Gasteiger partial charge >= 0.3 is 0 Å².